The van der Waals surface area contributed by atoms with Crippen LogP contribution in [0.1, 0.15) is 15.9 Å². The first kappa shape index (κ1) is 15.0. The molecule has 0 aliphatic rings. The summed E-state index contributed by atoms with van der Waals surface area (Å²) >= 11 is 4.90. The van der Waals surface area contributed by atoms with Crippen LogP contribution >= 0.6 is 27.3 Å². The number of carbonyl (C=O) groups is 1. The fraction of sp³-hybridized carbons (Fsp3) is 0.125. The smallest absolute Gasteiger partial charge is 0.251 e. The van der Waals surface area contributed by atoms with Gasteiger partial charge in [-0.3, -0.25) is 4.79 Å². The van der Waals surface area contributed by atoms with Crippen molar-refractivity contribution in [1.82, 2.24) is 10.3 Å². The lowest BCUT2D eigenvalue weighted by atomic mass is 10.2. The van der Waals surface area contributed by atoms with Gasteiger partial charge in [-0.15, -0.1) is 11.3 Å². The molecule has 0 bridgehead atoms. The van der Waals surface area contributed by atoms with Crippen molar-refractivity contribution < 1.29 is 9.53 Å². The zero-order valence-corrected chi connectivity index (χ0v) is 14.2. The second-order valence-electron chi connectivity index (χ2n) is 4.68. The highest BCUT2D eigenvalue weighted by molar-refractivity contribution is 9.11. The number of benzene rings is 2. The Kier molecular flexibility index (Phi) is 4.40. The molecule has 3 rings (SSSR count). The highest BCUT2D eigenvalue weighted by atomic mass is 79.9. The predicted octanol–water partition coefficient (Wildman–Crippen LogP) is 4.00. The molecular weight excluding hydrogens is 364 g/mol. The summed E-state index contributed by atoms with van der Waals surface area (Å²) in [6.07, 6.45) is 0. The second kappa shape index (κ2) is 6.46. The van der Waals surface area contributed by atoms with Crippen LogP contribution in [0.15, 0.2) is 46.4 Å². The van der Waals surface area contributed by atoms with Crippen molar-refractivity contribution in [3.63, 3.8) is 0 Å². The molecular formula is C16H13BrN2O2S. The number of rotatable bonds is 4. The number of amides is 1. The van der Waals surface area contributed by atoms with Gasteiger partial charge in [0.15, 0.2) is 3.92 Å². The number of hydrogen-bond donors (Lipinski definition) is 1. The maximum Gasteiger partial charge on any atom is 0.251 e. The summed E-state index contributed by atoms with van der Waals surface area (Å²) < 4.78 is 6.98. The van der Waals surface area contributed by atoms with Crippen LogP contribution in [0.2, 0.25) is 0 Å². The van der Waals surface area contributed by atoms with Crippen molar-refractivity contribution in [3.8, 4) is 5.75 Å². The van der Waals surface area contributed by atoms with Gasteiger partial charge in [-0.1, -0.05) is 12.1 Å². The number of nitrogens with one attached hydrogen (secondary N) is 1. The number of thiazole rings is 1. The Labute approximate surface area is 140 Å². The first-order chi connectivity index (χ1) is 10.7. The van der Waals surface area contributed by atoms with Crippen LogP contribution in [-0.4, -0.2) is 18.0 Å². The van der Waals surface area contributed by atoms with Gasteiger partial charge < -0.3 is 10.1 Å². The van der Waals surface area contributed by atoms with Gasteiger partial charge in [0.25, 0.3) is 5.91 Å². The van der Waals surface area contributed by atoms with E-state index in [0.29, 0.717) is 12.1 Å². The molecule has 0 saturated carbocycles. The molecule has 1 aromatic heterocycles. The number of carbonyl (C=O) groups excluding carboxylic acids is 1. The third kappa shape index (κ3) is 3.28. The fourth-order valence-electron chi connectivity index (χ4n) is 2.07. The van der Waals surface area contributed by atoms with Gasteiger partial charge in [-0.2, -0.15) is 0 Å². The van der Waals surface area contributed by atoms with Gasteiger partial charge in [0.05, 0.1) is 17.3 Å². The highest BCUT2D eigenvalue weighted by Crippen LogP contribution is 2.26. The van der Waals surface area contributed by atoms with Crippen LogP contribution in [0.3, 0.4) is 0 Å². The van der Waals surface area contributed by atoms with E-state index in [1.165, 1.54) is 0 Å². The molecule has 6 heteroatoms. The van der Waals surface area contributed by atoms with Crippen LogP contribution in [0.4, 0.5) is 0 Å². The number of aromatic nitrogens is 1. The van der Waals surface area contributed by atoms with E-state index in [1.807, 2.05) is 36.4 Å². The molecule has 2 aromatic carbocycles. The van der Waals surface area contributed by atoms with Crippen LogP contribution < -0.4 is 10.1 Å². The van der Waals surface area contributed by atoms with Crippen LogP contribution in [0.5, 0.6) is 5.75 Å². The van der Waals surface area contributed by atoms with Crippen molar-refractivity contribution in [2.24, 2.45) is 0 Å². The van der Waals surface area contributed by atoms with Crippen molar-refractivity contribution in [2.75, 3.05) is 7.11 Å². The summed E-state index contributed by atoms with van der Waals surface area (Å²) in [5, 5.41) is 2.91. The molecule has 0 saturated heterocycles. The Morgan fingerprint density at radius 1 is 1.27 bits per heavy atom. The van der Waals surface area contributed by atoms with Crippen molar-refractivity contribution in [2.45, 2.75) is 6.54 Å². The Balaban J connectivity index is 1.69. The van der Waals surface area contributed by atoms with Crippen LogP contribution in [0.25, 0.3) is 10.2 Å². The number of methoxy groups -OCH3 is 1. The quantitative estimate of drug-likeness (QED) is 0.748. The minimum absolute atomic E-state index is 0.109. The number of nitrogens with zero attached hydrogens (tertiary/aromatic N) is 1. The molecule has 1 heterocycles. The summed E-state index contributed by atoms with van der Waals surface area (Å²) in [6, 6.07) is 13.1. The summed E-state index contributed by atoms with van der Waals surface area (Å²) in [5.41, 5.74) is 2.46. The van der Waals surface area contributed by atoms with Crippen molar-refractivity contribution in [1.29, 1.82) is 0 Å². The average Bonchev–Trinajstić information content (AvgIpc) is 2.92. The lowest BCUT2D eigenvalue weighted by molar-refractivity contribution is 0.0951. The maximum atomic E-state index is 12.2. The Bertz CT molecular complexity index is 815. The highest BCUT2D eigenvalue weighted by Gasteiger charge is 2.08. The van der Waals surface area contributed by atoms with Crippen molar-refractivity contribution in [3.05, 3.63) is 57.5 Å². The number of ether oxygens (including phenoxy) is 1. The SMILES string of the molecule is COc1ccc(CNC(=O)c2ccc3sc(Br)nc3c2)cc1. The molecule has 112 valence electrons. The van der Waals surface area contributed by atoms with Gasteiger partial charge in [0, 0.05) is 12.1 Å². The number of hydrogen-bond acceptors (Lipinski definition) is 4. The summed E-state index contributed by atoms with van der Waals surface area (Å²) in [7, 11) is 1.63. The van der Waals surface area contributed by atoms with Crippen molar-refractivity contribution >= 4 is 43.4 Å². The van der Waals surface area contributed by atoms with Crippen LogP contribution in [0, 0.1) is 0 Å². The molecule has 0 atom stereocenters. The number of fused-ring (bicyclic) bond motifs is 1. The molecule has 3 aromatic rings. The minimum atomic E-state index is -0.109. The summed E-state index contributed by atoms with van der Waals surface area (Å²) in [5.74, 6) is 0.691. The van der Waals surface area contributed by atoms with E-state index in [-0.39, 0.29) is 5.91 Å². The second-order valence-corrected chi connectivity index (χ2v) is 6.99. The predicted molar refractivity (Wildman–Crippen MR) is 91.5 cm³/mol. The van der Waals surface area contributed by atoms with E-state index in [9.17, 15) is 4.79 Å². The molecule has 0 aliphatic heterocycles. The third-order valence-corrected chi connectivity index (χ3v) is 4.72. The van der Waals surface area contributed by atoms with Gasteiger partial charge in [0.1, 0.15) is 5.75 Å². The zero-order valence-electron chi connectivity index (χ0n) is 11.8. The average molecular weight is 377 g/mol. The Morgan fingerprint density at radius 3 is 2.77 bits per heavy atom. The first-order valence-electron chi connectivity index (χ1n) is 6.63. The van der Waals surface area contributed by atoms with E-state index < -0.39 is 0 Å². The van der Waals surface area contributed by atoms with Gasteiger partial charge in [-0.25, -0.2) is 4.98 Å². The van der Waals surface area contributed by atoms with E-state index >= 15 is 0 Å². The third-order valence-electron chi connectivity index (χ3n) is 3.24. The van der Waals surface area contributed by atoms with E-state index in [1.54, 1.807) is 24.5 Å². The Hall–Kier alpha value is -1.92. The molecule has 4 nitrogen and oxygen atoms in total. The van der Waals surface area contributed by atoms with E-state index in [4.69, 9.17) is 4.74 Å². The van der Waals surface area contributed by atoms with Gasteiger partial charge in [0.2, 0.25) is 0 Å². The van der Waals surface area contributed by atoms with E-state index in [0.717, 1.165) is 25.4 Å². The summed E-state index contributed by atoms with van der Waals surface area (Å²) in [4.78, 5) is 16.6. The molecule has 1 N–H and O–H groups in total. The molecule has 1 amide bonds. The standard InChI is InChI=1S/C16H13BrN2O2S/c1-21-12-5-2-10(3-6-12)9-18-15(20)11-4-7-14-13(8-11)19-16(17)22-14/h2-8H,9H2,1H3,(H,18,20). The largest absolute Gasteiger partial charge is 0.497 e. The zero-order chi connectivity index (χ0) is 15.5. The summed E-state index contributed by atoms with van der Waals surface area (Å²) in [6.45, 7) is 0.474. The minimum Gasteiger partial charge on any atom is -0.497 e. The fourth-order valence-corrected chi connectivity index (χ4v) is 3.45. The topological polar surface area (TPSA) is 51.2 Å². The molecule has 0 radical (unpaired) electrons. The van der Waals surface area contributed by atoms with Crippen LogP contribution in [-0.2, 0) is 6.54 Å². The number of halogens is 1. The molecule has 0 aliphatic carbocycles. The molecule has 22 heavy (non-hydrogen) atoms. The molecule has 0 fully saturated rings. The van der Waals surface area contributed by atoms with Gasteiger partial charge >= 0.3 is 0 Å². The Morgan fingerprint density at radius 2 is 2.05 bits per heavy atom. The maximum absolute atomic E-state index is 12.2. The lowest BCUT2D eigenvalue weighted by Crippen LogP contribution is -2.22. The van der Waals surface area contributed by atoms with Gasteiger partial charge in [-0.05, 0) is 51.8 Å². The monoisotopic (exact) mass is 376 g/mol. The molecule has 0 spiro atoms. The lowest BCUT2D eigenvalue weighted by Gasteiger charge is -2.06. The van der Waals surface area contributed by atoms with E-state index in [2.05, 4.69) is 26.2 Å². The molecule has 0 unspecified atom stereocenters. The first-order valence-corrected chi connectivity index (χ1v) is 8.24. The normalized spacial score (nSPS) is 10.6.